The second-order valence-corrected chi connectivity index (χ2v) is 4.80. The largest absolute Gasteiger partial charge is 0.345 e. The van der Waals surface area contributed by atoms with Crippen LogP contribution in [0.5, 0.6) is 0 Å². The maximum atomic E-state index is 11.9. The Morgan fingerprint density at radius 1 is 1.47 bits per heavy atom. The number of rotatable bonds is 4. The summed E-state index contributed by atoms with van der Waals surface area (Å²) in [5.74, 6) is -0.325. The second kappa shape index (κ2) is 5.57. The van der Waals surface area contributed by atoms with Gasteiger partial charge in [-0.3, -0.25) is 19.9 Å². The Morgan fingerprint density at radius 2 is 2.16 bits per heavy atom. The molecule has 0 saturated heterocycles. The summed E-state index contributed by atoms with van der Waals surface area (Å²) in [6.45, 7) is 1.84. The molecule has 0 aromatic carbocycles. The zero-order valence-electron chi connectivity index (χ0n) is 10.1. The van der Waals surface area contributed by atoms with E-state index in [1.54, 1.807) is 24.5 Å². The van der Waals surface area contributed by atoms with Gasteiger partial charge in [-0.25, -0.2) is 0 Å². The number of pyridine rings is 1. The highest BCUT2D eigenvalue weighted by Gasteiger charge is 2.16. The predicted molar refractivity (Wildman–Crippen MR) is 71.1 cm³/mol. The number of aromatic nitrogens is 1. The van der Waals surface area contributed by atoms with Crippen molar-refractivity contribution >= 4 is 22.2 Å². The van der Waals surface area contributed by atoms with E-state index in [0.717, 1.165) is 16.9 Å². The molecule has 0 saturated carbocycles. The van der Waals surface area contributed by atoms with Gasteiger partial charge in [0.25, 0.3) is 5.91 Å². The Bertz CT molecular complexity index is 597. The Kier molecular flexibility index (Phi) is 3.86. The molecule has 0 aliphatic carbocycles. The fraction of sp³-hybridized carbons (Fsp3) is 0.167. The minimum atomic E-state index is -0.506. The number of carbonyl (C=O) groups is 1. The van der Waals surface area contributed by atoms with E-state index in [1.165, 1.54) is 11.4 Å². The molecule has 2 aromatic rings. The molecule has 2 rings (SSSR count). The highest BCUT2D eigenvalue weighted by Crippen LogP contribution is 2.23. The standard InChI is InChI=1S/C12H11N3O3S/c1-8(9-2-4-13-5-3-9)14-12(16)10-6-11(15(17)18)19-7-10/h2-8H,1H3,(H,14,16)/t8-/m0/s1. The van der Waals surface area contributed by atoms with Crippen molar-refractivity contribution in [2.45, 2.75) is 13.0 Å². The summed E-state index contributed by atoms with van der Waals surface area (Å²) >= 11 is 0.939. The highest BCUT2D eigenvalue weighted by atomic mass is 32.1. The quantitative estimate of drug-likeness (QED) is 0.687. The second-order valence-electron chi connectivity index (χ2n) is 3.91. The SMILES string of the molecule is C[C@H](NC(=O)c1csc([N+](=O)[O-])c1)c1ccncc1. The van der Waals surface area contributed by atoms with Crippen molar-refractivity contribution in [2.75, 3.05) is 0 Å². The monoisotopic (exact) mass is 277 g/mol. The summed E-state index contributed by atoms with van der Waals surface area (Å²) in [5.41, 5.74) is 1.23. The number of nitrogens with one attached hydrogen (secondary N) is 1. The number of nitrogens with zero attached hydrogens (tertiary/aromatic N) is 2. The summed E-state index contributed by atoms with van der Waals surface area (Å²) in [6.07, 6.45) is 3.29. The van der Waals surface area contributed by atoms with Crippen molar-refractivity contribution in [2.24, 2.45) is 0 Å². The van der Waals surface area contributed by atoms with Crippen LogP contribution in [0.25, 0.3) is 0 Å². The minimum Gasteiger partial charge on any atom is -0.345 e. The smallest absolute Gasteiger partial charge is 0.324 e. The van der Waals surface area contributed by atoms with Gasteiger partial charge >= 0.3 is 5.00 Å². The van der Waals surface area contributed by atoms with Crippen LogP contribution in [0.3, 0.4) is 0 Å². The maximum Gasteiger partial charge on any atom is 0.324 e. The maximum absolute atomic E-state index is 11.9. The summed E-state index contributed by atoms with van der Waals surface area (Å²) in [5, 5.41) is 14.8. The molecule has 0 bridgehead atoms. The molecule has 98 valence electrons. The van der Waals surface area contributed by atoms with Crippen LogP contribution < -0.4 is 5.32 Å². The van der Waals surface area contributed by atoms with Crippen molar-refractivity contribution < 1.29 is 9.72 Å². The zero-order chi connectivity index (χ0) is 13.8. The first kappa shape index (κ1) is 13.2. The number of amides is 1. The van der Waals surface area contributed by atoms with Crippen LogP contribution in [0.4, 0.5) is 5.00 Å². The number of hydrogen-bond acceptors (Lipinski definition) is 5. The van der Waals surface area contributed by atoms with E-state index in [9.17, 15) is 14.9 Å². The van der Waals surface area contributed by atoms with E-state index >= 15 is 0 Å². The normalized spacial score (nSPS) is 11.8. The van der Waals surface area contributed by atoms with Gasteiger partial charge in [0.05, 0.1) is 16.5 Å². The number of hydrogen-bond donors (Lipinski definition) is 1. The van der Waals surface area contributed by atoms with Crippen molar-refractivity contribution in [3.63, 3.8) is 0 Å². The van der Waals surface area contributed by atoms with Crippen LogP contribution in [0.2, 0.25) is 0 Å². The molecule has 0 spiro atoms. The Balaban J connectivity index is 2.06. The van der Waals surface area contributed by atoms with Gasteiger partial charge < -0.3 is 5.32 Å². The van der Waals surface area contributed by atoms with Crippen molar-refractivity contribution in [3.8, 4) is 0 Å². The molecule has 0 radical (unpaired) electrons. The molecule has 0 unspecified atom stereocenters. The van der Waals surface area contributed by atoms with Crippen LogP contribution >= 0.6 is 11.3 Å². The first-order valence-electron chi connectivity index (χ1n) is 5.51. The average Bonchev–Trinajstić information content (AvgIpc) is 2.89. The van der Waals surface area contributed by atoms with Crippen molar-refractivity contribution in [1.82, 2.24) is 10.3 Å². The van der Waals surface area contributed by atoms with Gasteiger partial charge in [0.1, 0.15) is 0 Å². The first-order chi connectivity index (χ1) is 9.08. The van der Waals surface area contributed by atoms with Crippen molar-refractivity contribution in [1.29, 1.82) is 0 Å². The molecule has 0 aliphatic rings. The Hall–Kier alpha value is -2.28. The highest BCUT2D eigenvalue weighted by molar-refractivity contribution is 7.13. The minimum absolute atomic E-state index is 0.0401. The number of carbonyl (C=O) groups excluding carboxylic acids is 1. The molecule has 7 heteroatoms. The summed E-state index contributed by atoms with van der Waals surface area (Å²) in [7, 11) is 0. The van der Waals surface area contributed by atoms with E-state index < -0.39 is 4.92 Å². The van der Waals surface area contributed by atoms with Gasteiger partial charge in [-0.2, -0.15) is 0 Å². The van der Waals surface area contributed by atoms with Crippen LogP contribution in [-0.4, -0.2) is 15.8 Å². The third-order valence-corrected chi connectivity index (χ3v) is 3.46. The zero-order valence-corrected chi connectivity index (χ0v) is 10.9. The summed E-state index contributed by atoms with van der Waals surface area (Å²) in [6, 6.07) is 4.70. The van der Waals surface area contributed by atoms with Gasteiger partial charge in [-0.15, -0.1) is 0 Å². The molecule has 2 aromatic heterocycles. The van der Waals surface area contributed by atoms with Gasteiger partial charge in [0.2, 0.25) is 0 Å². The van der Waals surface area contributed by atoms with Crippen LogP contribution in [-0.2, 0) is 0 Å². The lowest BCUT2D eigenvalue weighted by Gasteiger charge is -2.13. The Morgan fingerprint density at radius 3 is 2.74 bits per heavy atom. The molecule has 1 N–H and O–H groups in total. The van der Waals surface area contributed by atoms with E-state index in [2.05, 4.69) is 10.3 Å². The lowest BCUT2D eigenvalue weighted by atomic mass is 10.1. The van der Waals surface area contributed by atoms with E-state index in [4.69, 9.17) is 0 Å². The number of thiophene rings is 1. The van der Waals surface area contributed by atoms with E-state index in [-0.39, 0.29) is 17.0 Å². The lowest BCUT2D eigenvalue weighted by molar-refractivity contribution is -0.380. The molecule has 0 fully saturated rings. The summed E-state index contributed by atoms with van der Waals surface area (Å²) < 4.78 is 0. The molecule has 19 heavy (non-hydrogen) atoms. The van der Waals surface area contributed by atoms with Crippen molar-refractivity contribution in [3.05, 3.63) is 57.2 Å². The first-order valence-corrected chi connectivity index (χ1v) is 6.39. The Labute approximate surface area is 113 Å². The van der Waals surface area contributed by atoms with Crippen LogP contribution in [0.1, 0.15) is 28.9 Å². The molecule has 6 nitrogen and oxygen atoms in total. The predicted octanol–water partition coefficient (Wildman–Crippen LogP) is 2.54. The molecule has 1 amide bonds. The fourth-order valence-corrected chi connectivity index (χ4v) is 2.26. The topological polar surface area (TPSA) is 85.1 Å². The molecular formula is C12H11N3O3S. The number of nitro groups is 1. The fourth-order valence-electron chi connectivity index (χ4n) is 1.56. The van der Waals surface area contributed by atoms with Gasteiger partial charge in [-0.05, 0) is 24.6 Å². The average molecular weight is 277 g/mol. The molecular weight excluding hydrogens is 266 g/mol. The van der Waals surface area contributed by atoms with E-state index in [0.29, 0.717) is 5.56 Å². The van der Waals surface area contributed by atoms with Crippen LogP contribution in [0.15, 0.2) is 36.0 Å². The molecule has 1 atom stereocenters. The lowest BCUT2D eigenvalue weighted by Crippen LogP contribution is -2.26. The third kappa shape index (κ3) is 3.14. The van der Waals surface area contributed by atoms with E-state index in [1.807, 2.05) is 6.92 Å². The van der Waals surface area contributed by atoms with Gasteiger partial charge in [-0.1, -0.05) is 11.3 Å². The van der Waals surface area contributed by atoms with Gasteiger partial charge in [0.15, 0.2) is 0 Å². The molecule has 2 heterocycles. The van der Waals surface area contributed by atoms with Crippen LogP contribution in [0, 0.1) is 10.1 Å². The van der Waals surface area contributed by atoms with Gasteiger partial charge in [0, 0.05) is 23.8 Å². The third-order valence-electron chi connectivity index (χ3n) is 2.58. The molecule has 0 aliphatic heterocycles. The summed E-state index contributed by atoms with van der Waals surface area (Å²) in [4.78, 5) is 25.9.